The summed E-state index contributed by atoms with van der Waals surface area (Å²) in [5.74, 6) is 0.895. The molecule has 3 aromatic rings. The zero-order valence-electron chi connectivity index (χ0n) is 19.3. The summed E-state index contributed by atoms with van der Waals surface area (Å²) in [7, 11) is 0. The molecule has 0 saturated carbocycles. The molecule has 0 bridgehead atoms. The number of ether oxygens (including phenoxy) is 1. The van der Waals surface area contributed by atoms with Crippen LogP contribution in [-0.4, -0.2) is 10.1 Å². The Morgan fingerprint density at radius 3 is 2.47 bits per heavy atom. The zero-order valence-corrected chi connectivity index (χ0v) is 20.2. The number of unbranched alkanes of at least 4 members (excludes halogenated alkanes) is 2. The molecule has 0 spiro atoms. The van der Waals surface area contributed by atoms with Crippen LogP contribution in [0.15, 0.2) is 54.6 Å². The maximum absolute atomic E-state index is 11.5. The summed E-state index contributed by atoms with van der Waals surface area (Å²) in [4.78, 5) is 4.73. The molecule has 1 N–H and O–H groups in total. The summed E-state index contributed by atoms with van der Waals surface area (Å²) in [5.41, 5.74) is 4.18. The summed E-state index contributed by atoms with van der Waals surface area (Å²) in [6, 6.07) is 18.5. The first kappa shape index (κ1) is 24.5. The molecule has 32 heavy (non-hydrogen) atoms. The van der Waals surface area contributed by atoms with Gasteiger partial charge in [0.25, 0.3) is 0 Å². The Kier molecular flexibility index (Phi) is 8.56. The molecule has 1 atom stereocenters. The molecule has 0 aliphatic heterocycles. The van der Waals surface area contributed by atoms with Crippen molar-refractivity contribution in [2.24, 2.45) is 5.41 Å². The van der Waals surface area contributed by atoms with Crippen LogP contribution < -0.4 is 4.74 Å². The Hall–Kier alpha value is -2.10. The molecule has 1 aliphatic carbocycles. The van der Waals surface area contributed by atoms with Crippen LogP contribution in [0.5, 0.6) is 5.75 Å². The second kappa shape index (κ2) is 11.2. The number of nitrogens with zero attached hydrogens (tertiary/aromatic N) is 1. The van der Waals surface area contributed by atoms with Crippen LogP contribution in [0.1, 0.15) is 81.7 Å². The van der Waals surface area contributed by atoms with Crippen molar-refractivity contribution in [1.29, 1.82) is 0 Å². The Labute approximate surface area is 198 Å². The van der Waals surface area contributed by atoms with E-state index in [-0.39, 0.29) is 17.8 Å². The van der Waals surface area contributed by atoms with E-state index in [1.807, 2.05) is 36.4 Å². The van der Waals surface area contributed by atoms with E-state index < -0.39 is 6.10 Å². The van der Waals surface area contributed by atoms with E-state index in [1.165, 1.54) is 31.2 Å². The van der Waals surface area contributed by atoms with Gasteiger partial charge in [-0.3, -0.25) is 0 Å². The number of pyridine rings is 1. The number of rotatable bonds is 9. The lowest BCUT2D eigenvalue weighted by Crippen LogP contribution is -2.34. The van der Waals surface area contributed by atoms with Crippen molar-refractivity contribution in [2.75, 3.05) is 0 Å². The van der Waals surface area contributed by atoms with Gasteiger partial charge >= 0.3 is 0 Å². The Morgan fingerprint density at radius 2 is 1.72 bits per heavy atom. The first-order chi connectivity index (χ1) is 15.2. The van der Waals surface area contributed by atoms with Gasteiger partial charge in [-0.25, -0.2) is 4.98 Å². The molecule has 4 heteroatoms. The van der Waals surface area contributed by atoms with Crippen molar-refractivity contribution in [1.82, 2.24) is 4.98 Å². The van der Waals surface area contributed by atoms with Crippen molar-refractivity contribution in [2.45, 2.75) is 77.9 Å². The normalized spacial score (nSPS) is 16.9. The van der Waals surface area contributed by atoms with Crippen LogP contribution in [-0.2, 0) is 13.0 Å². The Morgan fingerprint density at radius 1 is 0.969 bits per heavy atom. The highest BCUT2D eigenvalue weighted by atomic mass is 35.5. The summed E-state index contributed by atoms with van der Waals surface area (Å²) in [6.45, 7) is 4.92. The summed E-state index contributed by atoms with van der Waals surface area (Å²) >= 11 is 0. The number of hydrogen-bond acceptors (Lipinski definition) is 3. The molecule has 0 amide bonds. The van der Waals surface area contributed by atoms with Gasteiger partial charge < -0.3 is 9.84 Å². The van der Waals surface area contributed by atoms with E-state index >= 15 is 0 Å². The third kappa shape index (κ3) is 5.10. The first-order valence-electron chi connectivity index (χ1n) is 11.9. The number of hydrogen-bond donors (Lipinski definition) is 1. The van der Waals surface area contributed by atoms with Crippen molar-refractivity contribution < 1.29 is 9.84 Å². The SMILES string of the molecule is CCCCC1(CCCC)CCc2c(OCc3ccc4ccccc4n3)cccc2C1O.Cl. The number of aliphatic hydroxyl groups is 1. The van der Waals surface area contributed by atoms with E-state index in [1.54, 1.807) is 0 Å². The van der Waals surface area contributed by atoms with Crippen molar-refractivity contribution in [3.05, 3.63) is 71.4 Å². The molecule has 1 aromatic heterocycles. The maximum atomic E-state index is 11.5. The fourth-order valence-corrected chi connectivity index (χ4v) is 5.13. The lowest BCUT2D eigenvalue weighted by atomic mass is 9.64. The number of aromatic nitrogens is 1. The fourth-order valence-electron chi connectivity index (χ4n) is 5.13. The van der Waals surface area contributed by atoms with E-state index in [0.29, 0.717) is 6.61 Å². The Balaban J connectivity index is 0.00000289. The van der Waals surface area contributed by atoms with Gasteiger partial charge in [0.1, 0.15) is 12.4 Å². The van der Waals surface area contributed by atoms with Gasteiger partial charge in [-0.15, -0.1) is 12.4 Å². The minimum Gasteiger partial charge on any atom is -0.487 e. The zero-order chi connectivity index (χ0) is 21.7. The molecular weight excluding hydrogens is 418 g/mol. The first-order valence-corrected chi connectivity index (χ1v) is 11.9. The third-order valence-corrected chi connectivity index (χ3v) is 7.00. The molecule has 0 fully saturated rings. The molecule has 1 heterocycles. The summed E-state index contributed by atoms with van der Waals surface area (Å²) < 4.78 is 6.24. The Bertz CT molecular complexity index is 1010. The van der Waals surface area contributed by atoms with Gasteiger partial charge in [-0.1, -0.05) is 75.9 Å². The fraction of sp³-hybridized carbons (Fsp3) is 0.464. The van der Waals surface area contributed by atoms with Crippen molar-refractivity contribution >= 4 is 23.3 Å². The van der Waals surface area contributed by atoms with Crippen LogP contribution >= 0.6 is 12.4 Å². The average molecular weight is 454 g/mol. The lowest BCUT2D eigenvalue weighted by Gasteiger charge is -2.43. The van der Waals surface area contributed by atoms with Gasteiger partial charge in [0.05, 0.1) is 17.3 Å². The topological polar surface area (TPSA) is 42.4 Å². The number of para-hydroxylation sites is 1. The third-order valence-electron chi connectivity index (χ3n) is 7.00. The van der Waals surface area contributed by atoms with Gasteiger partial charge in [0.2, 0.25) is 0 Å². The minimum absolute atomic E-state index is 0. The standard InChI is InChI=1S/C28H35NO2.ClH/c1-3-5-17-28(18-6-4-2)19-16-23-24(27(28)30)11-9-13-26(23)31-20-22-15-14-21-10-7-8-12-25(21)29-22;/h7-15,27,30H,3-6,16-20H2,1-2H3;1H. The number of aliphatic hydroxyl groups excluding tert-OH is 1. The highest BCUT2D eigenvalue weighted by Gasteiger charge is 2.42. The molecule has 172 valence electrons. The minimum atomic E-state index is -0.406. The second-order valence-corrected chi connectivity index (χ2v) is 9.08. The molecule has 0 radical (unpaired) electrons. The van der Waals surface area contributed by atoms with Crippen molar-refractivity contribution in [3.63, 3.8) is 0 Å². The molecule has 1 aliphatic rings. The summed E-state index contributed by atoms with van der Waals surface area (Å²) in [5, 5.41) is 12.6. The molecular formula is C28H36ClNO2. The maximum Gasteiger partial charge on any atom is 0.130 e. The predicted octanol–water partition coefficient (Wildman–Crippen LogP) is 7.58. The molecule has 1 unspecified atom stereocenters. The monoisotopic (exact) mass is 453 g/mol. The average Bonchev–Trinajstić information content (AvgIpc) is 2.82. The molecule has 2 aromatic carbocycles. The highest BCUT2D eigenvalue weighted by Crippen LogP contribution is 2.52. The van der Waals surface area contributed by atoms with Gasteiger partial charge in [-0.05, 0) is 55.0 Å². The van der Waals surface area contributed by atoms with Crippen LogP contribution in [0.2, 0.25) is 0 Å². The smallest absolute Gasteiger partial charge is 0.130 e. The van der Waals surface area contributed by atoms with E-state index in [9.17, 15) is 5.11 Å². The van der Waals surface area contributed by atoms with Crippen molar-refractivity contribution in [3.8, 4) is 5.75 Å². The molecule has 3 nitrogen and oxygen atoms in total. The van der Waals surface area contributed by atoms with E-state index in [4.69, 9.17) is 9.72 Å². The molecule has 4 rings (SSSR count). The van der Waals surface area contributed by atoms with Gasteiger partial charge in [-0.2, -0.15) is 0 Å². The van der Waals surface area contributed by atoms with Crippen LogP contribution in [0.4, 0.5) is 0 Å². The van der Waals surface area contributed by atoms with Gasteiger partial charge in [0.15, 0.2) is 0 Å². The predicted molar refractivity (Wildman–Crippen MR) is 135 cm³/mol. The summed E-state index contributed by atoms with van der Waals surface area (Å²) in [6.07, 6.45) is 8.53. The number of benzene rings is 2. The second-order valence-electron chi connectivity index (χ2n) is 9.08. The number of fused-ring (bicyclic) bond motifs is 2. The van der Waals surface area contributed by atoms with E-state index in [2.05, 4.69) is 32.0 Å². The highest BCUT2D eigenvalue weighted by molar-refractivity contribution is 5.85. The quantitative estimate of drug-likeness (QED) is 0.363. The van der Waals surface area contributed by atoms with Gasteiger partial charge in [0, 0.05) is 10.8 Å². The number of halogens is 1. The van der Waals surface area contributed by atoms with Crippen LogP contribution in [0.25, 0.3) is 10.9 Å². The molecule has 0 saturated heterocycles. The largest absolute Gasteiger partial charge is 0.487 e. The van der Waals surface area contributed by atoms with Crippen LogP contribution in [0, 0.1) is 5.41 Å². The van der Waals surface area contributed by atoms with Crippen LogP contribution in [0.3, 0.4) is 0 Å². The lowest BCUT2D eigenvalue weighted by molar-refractivity contribution is -0.0103. The van der Waals surface area contributed by atoms with E-state index in [0.717, 1.165) is 53.6 Å².